The molecule has 54 heavy (non-hydrogen) atoms. The van der Waals surface area contributed by atoms with Gasteiger partial charge in [0.15, 0.2) is 5.82 Å². The summed E-state index contributed by atoms with van der Waals surface area (Å²) in [6.45, 7) is 0. The lowest BCUT2D eigenvalue weighted by atomic mass is 10.0. The Hall–Kier alpha value is -7.30. The highest BCUT2D eigenvalue weighted by Gasteiger charge is 2.20. The molecule has 0 bridgehead atoms. The van der Waals surface area contributed by atoms with Gasteiger partial charge in [-0.3, -0.25) is 0 Å². The first-order valence-corrected chi connectivity index (χ1v) is 18.3. The fourth-order valence-electron chi connectivity index (χ4n) is 8.25. The number of para-hydroxylation sites is 3. The average Bonchev–Trinajstić information content (AvgIpc) is 3.77. The highest BCUT2D eigenvalue weighted by Crippen LogP contribution is 2.42. The molecule has 0 amide bonds. The third kappa shape index (κ3) is 4.78. The highest BCUT2D eigenvalue weighted by molar-refractivity contribution is 6.29. The van der Waals surface area contributed by atoms with Crippen LogP contribution < -0.4 is 0 Å². The predicted molar refractivity (Wildman–Crippen MR) is 225 cm³/mol. The molecule has 3 heterocycles. The molecule has 0 aliphatic heterocycles. The van der Waals surface area contributed by atoms with E-state index in [1.54, 1.807) is 0 Å². The molecule has 4 heteroatoms. The summed E-state index contributed by atoms with van der Waals surface area (Å²) in [4.78, 5) is 10.1. The molecule has 0 atom stereocenters. The lowest BCUT2D eigenvalue weighted by Gasteiger charge is -2.12. The second-order valence-corrected chi connectivity index (χ2v) is 13.8. The van der Waals surface area contributed by atoms with Crippen molar-refractivity contribution >= 4 is 54.4 Å². The van der Waals surface area contributed by atoms with Crippen molar-refractivity contribution in [3.63, 3.8) is 0 Å². The summed E-state index contributed by atoms with van der Waals surface area (Å²) in [6.07, 6.45) is 0. The van der Waals surface area contributed by atoms with Gasteiger partial charge in [0.2, 0.25) is 0 Å². The molecule has 8 aromatic carbocycles. The van der Waals surface area contributed by atoms with Crippen LogP contribution in [0.4, 0.5) is 0 Å². The second-order valence-electron chi connectivity index (χ2n) is 13.8. The summed E-state index contributed by atoms with van der Waals surface area (Å²) >= 11 is 0. The molecule has 0 saturated carbocycles. The Morgan fingerprint density at radius 3 is 1.48 bits per heavy atom. The molecule has 0 radical (unpaired) electrons. The van der Waals surface area contributed by atoms with Crippen molar-refractivity contribution in [3.05, 3.63) is 194 Å². The van der Waals surface area contributed by atoms with E-state index in [2.05, 4.69) is 179 Å². The van der Waals surface area contributed by atoms with E-state index in [1.807, 2.05) is 24.3 Å². The third-order valence-electron chi connectivity index (χ3n) is 10.7. The van der Waals surface area contributed by atoms with E-state index in [1.165, 1.54) is 49.0 Å². The number of benzene rings is 8. The molecule has 252 valence electrons. The maximum atomic E-state index is 5.12. The van der Waals surface area contributed by atoms with E-state index in [-0.39, 0.29) is 0 Å². The van der Waals surface area contributed by atoms with Gasteiger partial charge in [-0.2, -0.15) is 0 Å². The Kier molecular flexibility index (Phi) is 6.82. The van der Waals surface area contributed by atoms with E-state index < -0.39 is 0 Å². The maximum Gasteiger partial charge on any atom is 0.160 e. The molecule has 0 saturated heterocycles. The Labute approximate surface area is 311 Å². The average molecular weight is 689 g/mol. The summed E-state index contributed by atoms with van der Waals surface area (Å²) in [7, 11) is 0. The molecule has 11 rings (SSSR count). The number of aromatic nitrogens is 4. The Bertz CT molecular complexity index is 3140. The van der Waals surface area contributed by atoms with Crippen molar-refractivity contribution in [2.75, 3.05) is 0 Å². The largest absolute Gasteiger partial charge is 0.309 e. The zero-order valence-electron chi connectivity index (χ0n) is 29.3. The lowest BCUT2D eigenvalue weighted by molar-refractivity contribution is 1.17. The van der Waals surface area contributed by atoms with E-state index in [0.29, 0.717) is 5.82 Å². The van der Waals surface area contributed by atoms with Crippen LogP contribution in [0.2, 0.25) is 0 Å². The zero-order chi connectivity index (χ0) is 35.6. The predicted octanol–water partition coefficient (Wildman–Crippen LogP) is 12.8. The molecule has 11 aromatic rings. The zero-order valence-corrected chi connectivity index (χ0v) is 29.3. The second kappa shape index (κ2) is 12.1. The maximum absolute atomic E-state index is 5.12. The van der Waals surface area contributed by atoms with E-state index in [4.69, 9.17) is 9.97 Å². The first-order valence-electron chi connectivity index (χ1n) is 18.3. The van der Waals surface area contributed by atoms with Crippen LogP contribution in [-0.4, -0.2) is 19.1 Å². The molecule has 0 fully saturated rings. The number of rotatable bonds is 5. The van der Waals surface area contributed by atoms with Crippen LogP contribution in [0.1, 0.15) is 0 Å². The minimum absolute atomic E-state index is 0.714. The van der Waals surface area contributed by atoms with Gasteiger partial charge in [-0.05, 0) is 71.4 Å². The smallest absolute Gasteiger partial charge is 0.160 e. The van der Waals surface area contributed by atoms with Gasteiger partial charge in [0, 0.05) is 49.6 Å². The lowest BCUT2D eigenvalue weighted by Crippen LogP contribution is -1.96. The van der Waals surface area contributed by atoms with Crippen LogP contribution in [0.3, 0.4) is 0 Å². The molecule has 0 aliphatic rings. The minimum Gasteiger partial charge on any atom is -0.309 e. The van der Waals surface area contributed by atoms with Gasteiger partial charge in [-0.15, -0.1) is 0 Å². The van der Waals surface area contributed by atoms with Gasteiger partial charge >= 0.3 is 0 Å². The van der Waals surface area contributed by atoms with Crippen molar-refractivity contribution in [2.45, 2.75) is 0 Å². The van der Waals surface area contributed by atoms with Crippen molar-refractivity contribution in [3.8, 4) is 45.3 Å². The fourth-order valence-corrected chi connectivity index (χ4v) is 8.25. The molecule has 3 aromatic heterocycles. The Balaban J connectivity index is 1.12. The van der Waals surface area contributed by atoms with Crippen LogP contribution in [0.5, 0.6) is 0 Å². The number of hydrogen-bond acceptors (Lipinski definition) is 2. The topological polar surface area (TPSA) is 35.6 Å². The molecule has 4 nitrogen and oxygen atoms in total. The van der Waals surface area contributed by atoms with Gasteiger partial charge in [-0.1, -0.05) is 133 Å². The van der Waals surface area contributed by atoms with Crippen LogP contribution >= 0.6 is 0 Å². The SMILES string of the molecule is c1ccc(-c2cc(-c3ccc4ccc(-n5c6ccccc6c6c7c8ccccc8n(-c8ccccc8)c7ccc65)cc4c3)nc(-c3ccccc3)n2)cc1. The monoisotopic (exact) mass is 688 g/mol. The summed E-state index contributed by atoms with van der Waals surface area (Å²) in [5.74, 6) is 0.714. The normalized spacial score (nSPS) is 11.7. The van der Waals surface area contributed by atoms with Gasteiger partial charge in [0.1, 0.15) is 0 Å². The van der Waals surface area contributed by atoms with Crippen LogP contribution in [0.25, 0.3) is 99.7 Å². The summed E-state index contributed by atoms with van der Waals surface area (Å²) < 4.78 is 4.82. The Morgan fingerprint density at radius 1 is 0.315 bits per heavy atom. The molecule has 0 N–H and O–H groups in total. The number of nitrogens with zero attached hydrogens (tertiary/aromatic N) is 4. The van der Waals surface area contributed by atoms with Gasteiger partial charge in [0.05, 0.1) is 33.5 Å². The molecular weight excluding hydrogens is 657 g/mol. The third-order valence-corrected chi connectivity index (χ3v) is 10.7. The molecular formula is C50H32N4. The van der Waals surface area contributed by atoms with Crippen molar-refractivity contribution in [1.82, 2.24) is 19.1 Å². The van der Waals surface area contributed by atoms with Crippen molar-refractivity contribution in [2.24, 2.45) is 0 Å². The van der Waals surface area contributed by atoms with Gasteiger partial charge in [0.25, 0.3) is 0 Å². The minimum atomic E-state index is 0.714. The fraction of sp³-hybridized carbons (Fsp3) is 0. The summed E-state index contributed by atoms with van der Waals surface area (Å²) in [5.41, 5.74) is 12.0. The number of hydrogen-bond donors (Lipinski definition) is 0. The quantitative estimate of drug-likeness (QED) is 0.180. The van der Waals surface area contributed by atoms with Crippen LogP contribution in [0.15, 0.2) is 194 Å². The van der Waals surface area contributed by atoms with Gasteiger partial charge in [-0.25, -0.2) is 9.97 Å². The Morgan fingerprint density at radius 2 is 0.833 bits per heavy atom. The van der Waals surface area contributed by atoms with E-state index >= 15 is 0 Å². The van der Waals surface area contributed by atoms with E-state index in [9.17, 15) is 0 Å². The molecule has 0 spiro atoms. The van der Waals surface area contributed by atoms with Crippen LogP contribution in [0, 0.1) is 0 Å². The highest BCUT2D eigenvalue weighted by atomic mass is 15.0. The summed E-state index contributed by atoms with van der Waals surface area (Å²) in [6, 6.07) is 69.0. The van der Waals surface area contributed by atoms with Gasteiger partial charge < -0.3 is 9.13 Å². The van der Waals surface area contributed by atoms with Crippen LogP contribution in [-0.2, 0) is 0 Å². The van der Waals surface area contributed by atoms with Crippen molar-refractivity contribution in [1.29, 1.82) is 0 Å². The first-order chi connectivity index (χ1) is 26.8. The first kappa shape index (κ1) is 30.3. The van der Waals surface area contributed by atoms with E-state index in [0.717, 1.165) is 44.8 Å². The summed E-state index contributed by atoms with van der Waals surface area (Å²) in [5, 5.41) is 7.37. The number of fused-ring (bicyclic) bond motifs is 8. The molecule has 0 unspecified atom stereocenters. The molecule has 0 aliphatic carbocycles. The van der Waals surface area contributed by atoms with Crippen molar-refractivity contribution < 1.29 is 0 Å². The standard InChI is InChI=1S/C50H32N4/c1-4-14-34(15-5-1)42-32-43(52-50(51-42)35-16-6-2-7-17-35)36-25-24-33-26-27-39(31-37(33)30-36)54-45-23-13-11-21-41(45)49-47(54)29-28-46-48(49)40-20-10-12-22-44(40)53(46)38-18-8-3-9-19-38/h1-32H.